The molecule has 0 aromatic carbocycles. The third-order valence-corrected chi connectivity index (χ3v) is 7.50. The molecular formula is C15H18N4O5S2. The normalized spacial score (nSPS) is 16.0. The van der Waals surface area contributed by atoms with Gasteiger partial charge in [0.05, 0.1) is 16.8 Å². The maximum atomic E-state index is 12.7. The number of carboxylic acids is 1. The zero-order valence-corrected chi connectivity index (χ0v) is 15.9. The summed E-state index contributed by atoms with van der Waals surface area (Å²) in [5.41, 5.74) is 1.09. The Morgan fingerprint density at radius 3 is 2.38 bits per heavy atom. The Morgan fingerprint density at radius 2 is 1.88 bits per heavy atom. The summed E-state index contributed by atoms with van der Waals surface area (Å²) in [6, 6.07) is 1.17. The van der Waals surface area contributed by atoms with E-state index in [1.807, 2.05) is 0 Å². The summed E-state index contributed by atoms with van der Waals surface area (Å²) in [6.45, 7) is 2.61. The molecule has 1 fully saturated rings. The van der Waals surface area contributed by atoms with Crippen LogP contribution < -0.4 is 0 Å². The fourth-order valence-electron chi connectivity index (χ4n) is 2.80. The van der Waals surface area contributed by atoms with Gasteiger partial charge in [-0.15, -0.1) is 11.3 Å². The Balaban J connectivity index is 1.70. The lowest BCUT2D eigenvalue weighted by Gasteiger charge is -2.33. The van der Waals surface area contributed by atoms with Crippen LogP contribution in [0.5, 0.6) is 0 Å². The van der Waals surface area contributed by atoms with Gasteiger partial charge in [0.15, 0.2) is 0 Å². The summed E-state index contributed by atoms with van der Waals surface area (Å²) in [5.74, 6) is -1.33. The minimum absolute atomic E-state index is 0.00206. The smallest absolute Gasteiger partial charge is 0.336 e. The van der Waals surface area contributed by atoms with E-state index in [9.17, 15) is 18.0 Å². The molecular weight excluding hydrogens is 380 g/mol. The van der Waals surface area contributed by atoms with E-state index in [0.29, 0.717) is 11.3 Å². The maximum absolute atomic E-state index is 12.7. The SMILES string of the molecule is Cc1nn(C)cc1C(=O)N1CCN(S(=O)(=O)c2cc(C(=O)O)cs2)CC1. The third-order valence-electron chi connectivity index (χ3n) is 4.19. The average molecular weight is 398 g/mol. The maximum Gasteiger partial charge on any atom is 0.336 e. The quantitative estimate of drug-likeness (QED) is 0.808. The van der Waals surface area contributed by atoms with Gasteiger partial charge in [-0.1, -0.05) is 0 Å². The van der Waals surface area contributed by atoms with Gasteiger partial charge < -0.3 is 10.0 Å². The van der Waals surface area contributed by atoms with Crippen molar-refractivity contribution in [3.63, 3.8) is 0 Å². The predicted octanol–water partition coefficient (Wildman–Crippen LogP) is 0.635. The molecule has 0 radical (unpaired) electrons. The Hall–Kier alpha value is -2.24. The zero-order chi connectivity index (χ0) is 19.1. The fraction of sp³-hybridized carbons (Fsp3) is 0.400. The van der Waals surface area contributed by atoms with Crippen LogP contribution in [0.25, 0.3) is 0 Å². The summed E-state index contributed by atoms with van der Waals surface area (Å²) >= 11 is 0.885. The van der Waals surface area contributed by atoms with Crippen LogP contribution in [0, 0.1) is 6.92 Å². The lowest BCUT2D eigenvalue weighted by atomic mass is 10.2. The Labute approximate surface area is 154 Å². The minimum atomic E-state index is -3.76. The summed E-state index contributed by atoms with van der Waals surface area (Å²) in [6.07, 6.45) is 1.65. The number of rotatable bonds is 4. The molecule has 26 heavy (non-hydrogen) atoms. The van der Waals surface area contributed by atoms with Gasteiger partial charge in [0.1, 0.15) is 4.21 Å². The Morgan fingerprint density at radius 1 is 1.23 bits per heavy atom. The van der Waals surface area contributed by atoms with Crippen LogP contribution in [-0.2, 0) is 17.1 Å². The largest absolute Gasteiger partial charge is 0.478 e. The van der Waals surface area contributed by atoms with Crippen LogP contribution in [0.4, 0.5) is 0 Å². The first kappa shape index (κ1) is 18.5. The topological polar surface area (TPSA) is 113 Å². The van der Waals surface area contributed by atoms with Gasteiger partial charge in [-0.2, -0.15) is 9.40 Å². The number of hydrogen-bond acceptors (Lipinski definition) is 6. The van der Waals surface area contributed by atoms with E-state index in [2.05, 4.69) is 5.10 Å². The number of piperazine rings is 1. The molecule has 1 N–H and O–H groups in total. The Kier molecular flexibility index (Phi) is 4.86. The highest BCUT2D eigenvalue weighted by Gasteiger charge is 2.32. The van der Waals surface area contributed by atoms with Gasteiger partial charge in [0.2, 0.25) is 0 Å². The number of amides is 1. The summed E-state index contributed by atoms with van der Waals surface area (Å²) < 4.78 is 28.2. The van der Waals surface area contributed by atoms with Crippen molar-refractivity contribution in [3.05, 3.63) is 34.5 Å². The summed E-state index contributed by atoms with van der Waals surface area (Å²) in [7, 11) is -2.02. The lowest BCUT2D eigenvalue weighted by Crippen LogP contribution is -2.50. The Bertz CT molecular complexity index is 955. The number of sulfonamides is 1. The number of carboxylic acid groups (broad SMARTS) is 1. The average Bonchev–Trinajstić information content (AvgIpc) is 3.21. The summed E-state index contributed by atoms with van der Waals surface area (Å²) in [4.78, 5) is 25.1. The van der Waals surface area contributed by atoms with Gasteiger partial charge in [0, 0.05) is 44.8 Å². The zero-order valence-electron chi connectivity index (χ0n) is 14.2. The van der Waals surface area contributed by atoms with Crippen molar-refractivity contribution < 1.29 is 23.1 Å². The number of nitrogens with zero attached hydrogens (tertiary/aromatic N) is 4. The monoisotopic (exact) mass is 398 g/mol. The lowest BCUT2D eigenvalue weighted by molar-refractivity contribution is 0.0688. The molecule has 3 rings (SSSR count). The molecule has 1 aliphatic heterocycles. The van der Waals surface area contributed by atoms with Crippen molar-refractivity contribution in [2.45, 2.75) is 11.1 Å². The molecule has 0 unspecified atom stereocenters. The fourth-order valence-corrected chi connectivity index (χ4v) is 5.53. The molecule has 11 heteroatoms. The number of aromatic nitrogens is 2. The van der Waals surface area contributed by atoms with Crippen LogP contribution in [0.15, 0.2) is 21.9 Å². The molecule has 0 spiro atoms. The number of carbonyl (C=O) groups excluding carboxylic acids is 1. The molecule has 140 valence electrons. The highest BCUT2D eigenvalue weighted by molar-refractivity contribution is 7.91. The van der Waals surface area contributed by atoms with Crippen LogP contribution in [0.2, 0.25) is 0 Å². The number of carbonyl (C=O) groups is 2. The van der Waals surface area contributed by atoms with Gasteiger partial charge in [-0.3, -0.25) is 9.48 Å². The van der Waals surface area contributed by atoms with Crippen LogP contribution in [-0.4, -0.2) is 70.6 Å². The highest BCUT2D eigenvalue weighted by Crippen LogP contribution is 2.25. The molecule has 1 aliphatic rings. The summed E-state index contributed by atoms with van der Waals surface area (Å²) in [5, 5.41) is 14.4. The van der Waals surface area contributed by atoms with Crippen molar-refractivity contribution in [2.24, 2.45) is 7.05 Å². The molecule has 0 bridgehead atoms. The molecule has 0 aliphatic carbocycles. The molecule has 2 aromatic rings. The van der Waals surface area contributed by atoms with Crippen molar-refractivity contribution in [1.29, 1.82) is 0 Å². The molecule has 0 saturated carbocycles. The van der Waals surface area contributed by atoms with Gasteiger partial charge in [-0.25, -0.2) is 13.2 Å². The van der Waals surface area contributed by atoms with Crippen molar-refractivity contribution in [2.75, 3.05) is 26.2 Å². The first-order valence-corrected chi connectivity index (χ1v) is 10.1. The number of aryl methyl sites for hydroxylation is 2. The number of thiophene rings is 1. The van der Waals surface area contributed by atoms with E-state index in [4.69, 9.17) is 5.11 Å². The second-order valence-corrected chi connectivity index (χ2v) is 9.03. The van der Waals surface area contributed by atoms with E-state index in [0.717, 1.165) is 11.3 Å². The minimum Gasteiger partial charge on any atom is -0.478 e. The van der Waals surface area contributed by atoms with Crippen LogP contribution in [0.1, 0.15) is 26.4 Å². The third kappa shape index (κ3) is 3.37. The molecule has 3 heterocycles. The first-order valence-electron chi connectivity index (χ1n) is 7.81. The van der Waals surface area contributed by atoms with Crippen LogP contribution >= 0.6 is 11.3 Å². The highest BCUT2D eigenvalue weighted by atomic mass is 32.2. The van der Waals surface area contributed by atoms with Gasteiger partial charge >= 0.3 is 5.97 Å². The molecule has 2 aromatic heterocycles. The van der Waals surface area contributed by atoms with E-state index in [-0.39, 0.29) is 41.9 Å². The molecule has 1 saturated heterocycles. The van der Waals surface area contributed by atoms with E-state index in [1.54, 1.807) is 29.7 Å². The number of hydrogen-bond donors (Lipinski definition) is 1. The van der Waals surface area contributed by atoms with Crippen molar-refractivity contribution in [3.8, 4) is 0 Å². The first-order chi connectivity index (χ1) is 12.2. The second kappa shape index (κ2) is 6.82. The standard InChI is InChI=1S/C15H18N4O5S2/c1-10-12(8-17(2)16-10)14(20)18-3-5-19(6-4-18)26(23,24)13-7-11(9-25-13)15(21)22/h7-9H,3-6H2,1-2H3,(H,21,22). The van der Waals surface area contributed by atoms with Crippen molar-refractivity contribution in [1.82, 2.24) is 19.0 Å². The van der Waals surface area contributed by atoms with E-state index < -0.39 is 16.0 Å². The molecule has 9 nitrogen and oxygen atoms in total. The second-order valence-electron chi connectivity index (χ2n) is 5.96. The van der Waals surface area contributed by atoms with Gasteiger partial charge in [-0.05, 0) is 13.0 Å². The number of aromatic carboxylic acids is 1. The van der Waals surface area contributed by atoms with Crippen LogP contribution in [0.3, 0.4) is 0 Å². The van der Waals surface area contributed by atoms with E-state index >= 15 is 0 Å². The molecule has 0 atom stereocenters. The van der Waals surface area contributed by atoms with E-state index in [1.165, 1.54) is 15.8 Å². The van der Waals surface area contributed by atoms with Gasteiger partial charge in [0.25, 0.3) is 15.9 Å². The molecule has 1 amide bonds. The predicted molar refractivity (Wildman–Crippen MR) is 93.9 cm³/mol. The van der Waals surface area contributed by atoms with Crippen molar-refractivity contribution >= 4 is 33.2 Å².